The van der Waals surface area contributed by atoms with Gasteiger partial charge in [0.25, 0.3) is 0 Å². The molecule has 2 aliphatic rings. The lowest BCUT2D eigenvalue weighted by Gasteiger charge is -2.22. The minimum absolute atomic E-state index is 0.554. The quantitative estimate of drug-likeness (QED) is 0.513. The highest BCUT2D eigenvalue weighted by atomic mass is 16.5. The Kier molecular flexibility index (Phi) is 1.19. The molecule has 1 N–H and O–H groups in total. The van der Waals surface area contributed by atoms with E-state index in [1.807, 2.05) is 0 Å². The second-order valence-electron chi connectivity index (χ2n) is 2.54. The molecule has 2 heteroatoms. The van der Waals surface area contributed by atoms with Crippen molar-refractivity contribution in [3.05, 3.63) is 11.8 Å². The number of fused-ring (bicyclic) bond motifs is 1. The van der Waals surface area contributed by atoms with Gasteiger partial charge in [-0.1, -0.05) is 0 Å². The van der Waals surface area contributed by atoms with Crippen LogP contribution in [0.2, 0.25) is 0 Å². The summed E-state index contributed by atoms with van der Waals surface area (Å²) in [5, 5.41) is 3.39. The van der Waals surface area contributed by atoms with Crippen LogP contribution in [0.5, 0.6) is 0 Å². The molecule has 1 heterocycles. The normalized spacial score (nSPS) is 32.9. The lowest BCUT2D eigenvalue weighted by atomic mass is 10.2. The molecule has 1 fully saturated rings. The molecule has 1 saturated heterocycles. The summed E-state index contributed by atoms with van der Waals surface area (Å²) < 4.78 is 5.40. The van der Waals surface area contributed by atoms with Gasteiger partial charge in [0.15, 0.2) is 0 Å². The van der Waals surface area contributed by atoms with Gasteiger partial charge < -0.3 is 10.1 Å². The summed E-state index contributed by atoms with van der Waals surface area (Å²) in [6.45, 7) is 1.87. The van der Waals surface area contributed by atoms with Crippen LogP contribution >= 0.6 is 0 Å². The number of rotatable bonds is 0. The first-order chi connectivity index (χ1) is 4.47. The summed E-state index contributed by atoms with van der Waals surface area (Å²) in [4.78, 5) is 0. The van der Waals surface area contributed by atoms with Gasteiger partial charge in [-0.25, -0.2) is 0 Å². The number of allylic oxidation sites excluding steroid dienone is 1. The third-order valence-corrected chi connectivity index (χ3v) is 1.91. The largest absolute Gasteiger partial charge is 0.495 e. The Balaban J connectivity index is 2.09. The summed E-state index contributed by atoms with van der Waals surface area (Å²) in [5.74, 6) is 1.18. The van der Waals surface area contributed by atoms with Gasteiger partial charge in [-0.2, -0.15) is 0 Å². The van der Waals surface area contributed by atoms with Crippen LogP contribution in [0, 0.1) is 0 Å². The van der Waals surface area contributed by atoms with Gasteiger partial charge in [0, 0.05) is 6.54 Å². The van der Waals surface area contributed by atoms with E-state index in [0.717, 1.165) is 13.2 Å². The summed E-state index contributed by atoms with van der Waals surface area (Å²) in [7, 11) is 0. The maximum atomic E-state index is 5.40. The fourth-order valence-corrected chi connectivity index (χ4v) is 1.44. The van der Waals surface area contributed by atoms with Crippen LogP contribution in [-0.4, -0.2) is 19.2 Å². The van der Waals surface area contributed by atoms with E-state index in [4.69, 9.17) is 4.74 Å². The Morgan fingerprint density at radius 2 is 2.67 bits per heavy atom. The second-order valence-corrected chi connectivity index (χ2v) is 2.54. The van der Waals surface area contributed by atoms with Crippen molar-refractivity contribution in [3.8, 4) is 0 Å². The molecule has 1 aliphatic carbocycles. The van der Waals surface area contributed by atoms with Crippen LogP contribution in [0.1, 0.15) is 12.8 Å². The van der Waals surface area contributed by atoms with Crippen LogP contribution in [-0.2, 0) is 4.74 Å². The molecular weight excluding hydrogens is 114 g/mol. The Hall–Kier alpha value is -0.500. The summed E-state index contributed by atoms with van der Waals surface area (Å²) in [6.07, 6.45) is 4.61. The van der Waals surface area contributed by atoms with Crippen molar-refractivity contribution in [3.63, 3.8) is 0 Å². The third kappa shape index (κ3) is 0.833. The monoisotopic (exact) mass is 125 g/mol. The van der Waals surface area contributed by atoms with Crippen molar-refractivity contribution in [2.24, 2.45) is 0 Å². The van der Waals surface area contributed by atoms with Gasteiger partial charge >= 0.3 is 0 Å². The van der Waals surface area contributed by atoms with Gasteiger partial charge in [0.1, 0.15) is 12.4 Å². The zero-order chi connectivity index (χ0) is 6.10. The lowest BCUT2D eigenvalue weighted by molar-refractivity contribution is 0.154. The van der Waals surface area contributed by atoms with E-state index in [-0.39, 0.29) is 0 Å². The molecule has 0 bridgehead atoms. The molecule has 1 atom stereocenters. The Labute approximate surface area is 54.9 Å². The van der Waals surface area contributed by atoms with E-state index in [0.29, 0.717) is 6.04 Å². The average molecular weight is 125 g/mol. The van der Waals surface area contributed by atoms with Crippen molar-refractivity contribution in [1.82, 2.24) is 5.32 Å². The van der Waals surface area contributed by atoms with Crippen molar-refractivity contribution >= 4 is 0 Å². The molecule has 0 aromatic carbocycles. The van der Waals surface area contributed by atoms with E-state index < -0.39 is 0 Å². The molecule has 1 unspecified atom stereocenters. The van der Waals surface area contributed by atoms with Crippen LogP contribution in [0.25, 0.3) is 0 Å². The summed E-state index contributed by atoms with van der Waals surface area (Å²) >= 11 is 0. The number of hydrogen-bond acceptors (Lipinski definition) is 2. The number of hydrogen-bond donors (Lipinski definition) is 1. The van der Waals surface area contributed by atoms with Gasteiger partial charge in [0.05, 0.1) is 6.04 Å². The number of nitrogens with one attached hydrogen (secondary N) is 1. The molecule has 50 valence electrons. The van der Waals surface area contributed by atoms with Gasteiger partial charge in [-0.05, 0) is 18.9 Å². The summed E-state index contributed by atoms with van der Waals surface area (Å²) in [6, 6.07) is 0.554. The maximum Gasteiger partial charge on any atom is 0.109 e. The maximum absolute atomic E-state index is 5.40. The summed E-state index contributed by atoms with van der Waals surface area (Å²) in [5.41, 5.74) is 0. The molecular formula is C7H11NO. The highest BCUT2D eigenvalue weighted by molar-refractivity contribution is 5.11. The number of ether oxygens (including phenoxy) is 1. The fraction of sp³-hybridized carbons (Fsp3) is 0.714. The second kappa shape index (κ2) is 2.03. The minimum atomic E-state index is 0.554. The smallest absolute Gasteiger partial charge is 0.109 e. The van der Waals surface area contributed by atoms with Crippen LogP contribution < -0.4 is 5.32 Å². The molecule has 0 radical (unpaired) electrons. The van der Waals surface area contributed by atoms with Crippen molar-refractivity contribution < 1.29 is 4.74 Å². The Bertz CT molecular complexity index is 142. The van der Waals surface area contributed by atoms with Gasteiger partial charge in [-0.3, -0.25) is 0 Å². The van der Waals surface area contributed by atoms with Crippen molar-refractivity contribution in [2.45, 2.75) is 18.9 Å². The predicted octanol–water partition coefficient (Wildman–Crippen LogP) is 0.652. The van der Waals surface area contributed by atoms with Crippen LogP contribution in [0.3, 0.4) is 0 Å². The standard InChI is InChI=1S/C7H11NO/c1-2-6-7(3-1)9-5-4-8-6/h3,6,8H,1-2,4-5H2. The SMILES string of the molecule is C1=C2OCCNC2CC1. The highest BCUT2D eigenvalue weighted by Gasteiger charge is 2.22. The van der Waals surface area contributed by atoms with E-state index in [1.165, 1.54) is 18.6 Å². The molecule has 2 rings (SSSR count). The first-order valence-electron chi connectivity index (χ1n) is 3.53. The predicted molar refractivity (Wildman–Crippen MR) is 35.1 cm³/mol. The van der Waals surface area contributed by atoms with Gasteiger partial charge in [0.2, 0.25) is 0 Å². The molecule has 0 spiro atoms. The first kappa shape index (κ1) is 5.30. The van der Waals surface area contributed by atoms with Crippen molar-refractivity contribution in [1.29, 1.82) is 0 Å². The fourth-order valence-electron chi connectivity index (χ4n) is 1.44. The number of morpholine rings is 1. The molecule has 2 nitrogen and oxygen atoms in total. The molecule has 0 aromatic rings. The van der Waals surface area contributed by atoms with Crippen LogP contribution in [0.15, 0.2) is 11.8 Å². The zero-order valence-corrected chi connectivity index (χ0v) is 5.39. The Morgan fingerprint density at radius 3 is 3.56 bits per heavy atom. The molecule has 1 aliphatic heterocycles. The molecule has 9 heavy (non-hydrogen) atoms. The Morgan fingerprint density at radius 1 is 1.67 bits per heavy atom. The minimum Gasteiger partial charge on any atom is -0.495 e. The van der Waals surface area contributed by atoms with Gasteiger partial charge in [-0.15, -0.1) is 0 Å². The average Bonchev–Trinajstić information content (AvgIpc) is 2.33. The third-order valence-electron chi connectivity index (χ3n) is 1.91. The van der Waals surface area contributed by atoms with Crippen LogP contribution in [0.4, 0.5) is 0 Å². The topological polar surface area (TPSA) is 21.3 Å². The van der Waals surface area contributed by atoms with E-state index in [1.54, 1.807) is 0 Å². The molecule has 0 amide bonds. The van der Waals surface area contributed by atoms with E-state index >= 15 is 0 Å². The molecule has 0 aromatic heterocycles. The van der Waals surface area contributed by atoms with Crippen molar-refractivity contribution in [2.75, 3.05) is 13.2 Å². The zero-order valence-electron chi connectivity index (χ0n) is 5.39. The van der Waals surface area contributed by atoms with E-state index in [9.17, 15) is 0 Å². The lowest BCUT2D eigenvalue weighted by Crippen LogP contribution is -2.37. The molecule has 0 saturated carbocycles. The highest BCUT2D eigenvalue weighted by Crippen LogP contribution is 2.21. The van der Waals surface area contributed by atoms with E-state index in [2.05, 4.69) is 11.4 Å². The first-order valence-corrected chi connectivity index (χ1v) is 3.53.